The van der Waals surface area contributed by atoms with Gasteiger partial charge in [0.15, 0.2) is 0 Å². The predicted molar refractivity (Wildman–Crippen MR) is 94.9 cm³/mol. The van der Waals surface area contributed by atoms with Crippen LogP contribution in [0.3, 0.4) is 0 Å². The van der Waals surface area contributed by atoms with Gasteiger partial charge in [0.2, 0.25) is 0 Å². The SMILES string of the molecule is O=C(O)c1cc2ccc(OCc3ccc4ccccc4n3)cc2s1. The number of rotatable bonds is 4. The average molecular weight is 335 g/mol. The summed E-state index contributed by atoms with van der Waals surface area (Å²) in [6.45, 7) is 0.369. The van der Waals surface area contributed by atoms with Crippen LogP contribution in [0.25, 0.3) is 21.0 Å². The third kappa shape index (κ3) is 2.81. The molecule has 0 amide bonds. The van der Waals surface area contributed by atoms with Crippen LogP contribution in [0, 0.1) is 0 Å². The largest absolute Gasteiger partial charge is 0.487 e. The number of para-hydroxylation sites is 1. The van der Waals surface area contributed by atoms with Gasteiger partial charge in [0.1, 0.15) is 17.2 Å². The first-order valence-electron chi connectivity index (χ1n) is 7.43. The molecule has 0 fully saturated rings. The summed E-state index contributed by atoms with van der Waals surface area (Å²) in [5, 5.41) is 11.1. The molecule has 0 aliphatic carbocycles. The van der Waals surface area contributed by atoms with Gasteiger partial charge in [-0.15, -0.1) is 11.3 Å². The topological polar surface area (TPSA) is 59.4 Å². The van der Waals surface area contributed by atoms with Gasteiger partial charge < -0.3 is 9.84 Å². The molecule has 4 aromatic rings. The summed E-state index contributed by atoms with van der Waals surface area (Å²) in [4.78, 5) is 16.0. The molecule has 5 heteroatoms. The van der Waals surface area contributed by atoms with E-state index in [9.17, 15) is 4.79 Å². The molecule has 0 atom stereocenters. The number of nitrogens with zero attached hydrogens (tertiary/aromatic N) is 1. The Bertz CT molecular complexity index is 1050. The van der Waals surface area contributed by atoms with Crippen molar-refractivity contribution in [3.8, 4) is 5.75 Å². The van der Waals surface area contributed by atoms with Crippen LogP contribution in [0.1, 0.15) is 15.4 Å². The minimum Gasteiger partial charge on any atom is -0.487 e. The Balaban J connectivity index is 1.55. The number of hydrogen-bond acceptors (Lipinski definition) is 4. The molecule has 0 bridgehead atoms. The van der Waals surface area contributed by atoms with Crippen LogP contribution in [-0.2, 0) is 6.61 Å². The Hall–Kier alpha value is -2.92. The molecule has 118 valence electrons. The lowest BCUT2D eigenvalue weighted by Crippen LogP contribution is -1.98. The highest BCUT2D eigenvalue weighted by Crippen LogP contribution is 2.29. The highest BCUT2D eigenvalue weighted by molar-refractivity contribution is 7.20. The zero-order chi connectivity index (χ0) is 16.5. The lowest BCUT2D eigenvalue weighted by atomic mass is 10.2. The number of aromatic nitrogens is 1. The molecule has 2 aromatic carbocycles. The van der Waals surface area contributed by atoms with Gasteiger partial charge in [-0.1, -0.05) is 24.3 Å². The predicted octanol–water partition coefficient (Wildman–Crippen LogP) is 4.73. The van der Waals surface area contributed by atoms with E-state index in [-0.39, 0.29) is 0 Å². The van der Waals surface area contributed by atoms with Crippen LogP contribution in [0.2, 0.25) is 0 Å². The number of ether oxygens (including phenoxy) is 1. The van der Waals surface area contributed by atoms with Gasteiger partial charge in [-0.2, -0.15) is 0 Å². The van der Waals surface area contributed by atoms with Crippen LogP contribution in [-0.4, -0.2) is 16.1 Å². The molecule has 0 aliphatic rings. The number of carbonyl (C=O) groups is 1. The number of aromatic carboxylic acids is 1. The summed E-state index contributed by atoms with van der Waals surface area (Å²) >= 11 is 1.25. The van der Waals surface area contributed by atoms with E-state index in [1.807, 2.05) is 54.6 Å². The van der Waals surface area contributed by atoms with Crippen molar-refractivity contribution in [2.75, 3.05) is 0 Å². The number of carboxylic acids is 1. The zero-order valence-corrected chi connectivity index (χ0v) is 13.4. The van der Waals surface area contributed by atoms with E-state index in [0.29, 0.717) is 17.2 Å². The molecule has 2 aromatic heterocycles. The Morgan fingerprint density at radius 2 is 1.88 bits per heavy atom. The lowest BCUT2D eigenvalue weighted by Gasteiger charge is -2.07. The molecule has 0 spiro atoms. The van der Waals surface area contributed by atoms with Crippen molar-refractivity contribution in [1.82, 2.24) is 4.98 Å². The van der Waals surface area contributed by atoms with E-state index in [0.717, 1.165) is 26.7 Å². The fourth-order valence-electron chi connectivity index (χ4n) is 2.55. The van der Waals surface area contributed by atoms with E-state index in [1.54, 1.807) is 6.07 Å². The number of thiophene rings is 1. The van der Waals surface area contributed by atoms with Crippen LogP contribution >= 0.6 is 11.3 Å². The number of benzene rings is 2. The minimum atomic E-state index is -0.904. The summed E-state index contributed by atoms with van der Waals surface area (Å²) in [5.41, 5.74) is 1.80. The van der Waals surface area contributed by atoms with Crippen molar-refractivity contribution in [3.63, 3.8) is 0 Å². The maximum Gasteiger partial charge on any atom is 0.345 e. The first-order chi connectivity index (χ1) is 11.7. The first kappa shape index (κ1) is 14.7. The van der Waals surface area contributed by atoms with Gasteiger partial charge in [0.05, 0.1) is 11.2 Å². The van der Waals surface area contributed by atoms with Crippen molar-refractivity contribution >= 4 is 38.3 Å². The summed E-state index contributed by atoms with van der Waals surface area (Å²) in [6.07, 6.45) is 0. The number of fused-ring (bicyclic) bond motifs is 2. The molecule has 24 heavy (non-hydrogen) atoms. The fraction of sp³-hybridized carbons (Fsp3) is 0.0526. The van der Waals surface area contributed by atoms with Crippen LogP contribution in [0.5, 0.6) is 5.75 Å². The third-order valence-corrected chi connectivity index (χ3v) is 4.83. The monoisotopic (exact) mass is 335 g/mol. The van der Waals surface area contributed by atoms with Crippen molar-refractivity contribution in [2.45, 2.75) is 6.61 Å². The maximum absolute atomic E-state index is 11.0. The smallest absolute Gasteiger partial charge is 0.345 e. The van der Waals surface area contributed by atoms with E-state index in [2.05, 4.69) is 4.98 Å². The van der Waals surface area contributed by atoms with Gasteiger partial charge >= 0.3 is 5.97 Å². The normalized spacial score (nSPS) is 11.0. The molecule has 0 aliphatic heterocycles. The molecule has 4 rings (SSSR count). The quantitative estimate of drug-likeness (QED) is 0.586. The molecular weight excluding hydrogens is 322 g/mol. The molecule has 2 heterocycles. The van der Waals surface area contributed by atoms with Crippen LogP contribution in [0.4, 0.5) is 0 Å². The number of pyridine rings is 1. The second-order valence-corrected chi connectivity index (χ2v) is 6.48. The highest BCUT2D eigenvalue weighted by Gasteiger charge is 2.09. The van der Waals surface area contributed by atoms with E-state index >= 15 is 0 Å². The third-order valence-electron chi connectivity index (χ3n) is 3.75. The van der Waals surface area contributed by atoms with Crippen LogP contribution < -0.4 is 4.74 Å². The molecule has 1 N–H and O–H groups in total. The highest BCUT2D eigenvalue weighted by atomic mass is 32.1. The van der Waals surface area contributed by atoms with E-state index in [4.69, 9.17) is 9.84 Å². The van der Waals surface area contributed by atoms with Gasteiger partial charge in [0, 0.05) is 10.1 Å². The Kier molecular flexibility index (Phi) is 3.63. The molecular formula is C19H13NO3S. The van der Waals surface area contributed by atoms with Crippen molar-refractivity contribution in [3.05, 3.63) is 71.2 Å². The van der Waals surface area contributed by atoms with Crippen molar-refractivity contribution in [1.29, 1.82) is 0 Å². The standard InChI is InChI=1S/C19H13NO3S/c21-19(22)18-9-13-6-8-15(10-17(13)24-18)23-11-14-7-5-12-3-1-2-4-16(12)20-14/h1-10H,11H2,(H,21,22). The molecule has 0 unspecified atom stereocenters. The molecule has 0 saturated carbocycles. The second-order valence-electron chi connectivity index (χ2n) is 5.40. The Labute approximate surface area is 142 Å². The van der Waals surface area contributed by atoms with Crippen molar-refractivity contribution < 1.29 is 14.6 Å². The zero-order valence-electron chi connectivity index (χ0n) is 12.6. The van der Waals surface area contributed by atoms with E-state index < -0.39 is 5.97 Å². The maximum atomic E-state index is 11.0. The Morgan fingerprint density at radius 1 is 1.04 bits per heavy atom. The summed E-state index contributed by atoms with van der Waals surface area (Å²) < 4.78 is 6.71. The average Bonchev–Trinajstić information content (AvgIpc) is 3.03. The minimum absolute atomic E-state index is 0.332. The summed E-state index contributed by atoms with van der Waals surface area (Å²) in [5.74, 6) is -0.199. The van der Waals surface area contributed by atoms with Gasteiger partial charge in [-0.25, -0.2) is 9.78 Å². The second kappa shape index (κ2) is 5.94. The fourth-order valence-corrected chi connectivity index (χ4v) is 3.48. The van der Waals surface area contributed by atoms with Crippen LogP contribution in [0.15, 0.2) is 60.7 Å². The van der Waals surface area contributed by atoms with Gasteiger partial charge in [-0.3, -0.25) is 0 Å². The molecule has 0 radical (unpaired) electrons. The summed E-state index contributed by atoms with van der Waals surface area (Å²) in [7, 11) is 0. The Morgan fingerprint density at radius 3 is 2.75 bits per heavy atom. The number of hydrogen-bond donors (Lipinski definition) is 1. The van der Waals surface area contributed by atoms with Gasteiger partial charge in [-0.05, 0) is 41.8 Å². The molecule has 0 saturated heterocycles. The van der Waals surface area contributed by atoms with Crippen molar-refractivity contribution in [2.24, 2.45) is 0 Å². The summed E-state index contributed by atoms with van der Waals surface area (Å²) in [6, 6.07) is 19.2. The number of carboxylic acid groups (broad SMARTS) is 1. The van der Waals surface area contributed by atoms with E-state index in [1.165, 1.54) is 11.3 Å². The first-order valence-corrected chi connectivity index (χ1v) is 8.25. The lowest BCUT2D eigenvalue weighted by molar-refractivity contribution is 0.0702. The molecule has 4 nitrogen and oxygen atoms in total. The van der Waals surface area contributed by atoms with Gasteiger partial charge in [0.25, 0.3) is 0 Å².